The van der Waals surface area contributed by atoms with Crippen LogP contribution in [0.1, 0.15) is 5.56 Å². The van der Waals surface area contributed by atoms with Gasteiger partial charge in [-0.2, -0.15) is 0 Å². The Morgan fingerprint density at radius 3 is 2.58 bits per heavy atom. The molecule has 0 aliphatic heterocycles. The van der Waals surface area contributed by atoms with E-state index in [0.717, 1.165) is 28.0 Å². The van der Waals surface area contributed by atoms with E-state index >= 15 is 0 Å². The molecule has 0 saturated carbocycles. The second-order valence-electron chi connectivity index (χ2n) is 5.55. The maximum atomic E-state index is 12.9. The third-order valence-corrected chi connectivity index (χ3v) is 3.81. The number of fused-ring (bicyclic) bond motifs is 1. The molecule has 0 aliphatic rings. The highest BCUT2D eigenvalue weighted by atomic mass is 19.1. The zero-order chi connectivity index (χ0) is 16.4. The van der Waals surface area contributed by atoms with Crippen LogP contribution in [0.3, 0.4) is 0 Å². The molecule has 0 unspecified atom stereocenters. The van der Waals surface area contributed by atoms with Crippen molar-refractivity contribution in [2.24, 2.45) is 0 Å². The molecule has 4 aromatic rings. The molecule has 1 aromatic heterocycles. The number of rotatable bonds is 4. The molecule has 3 aromatic carbocycles. The smallest absolute Gasteiger partial charge is 0.138 e. The maximum Gasteiger partial charge on any atom is 0.138 e. The molecule has 0 atom stereocenters. The Balaban J connectivity index is 1.55. The molecule has 24 heavy (non-hydrogen) atoms. The molecule has 4 rings (SSSR count). The first-order valence-corrected chi connectivity index (χ1v) is 7.70. The molecule has 0 bridgehead atoms. The topological polar surface area (TPSA) is 37.9 Å². The zero-order valence-electron chi connectivity index (χ0n) is 12.9. The van der Waals surface area contributed by atoms with Crippen LogP contribution >= 0.6 is 0 Å². The van der Waals surface area contributed by atoms with Crippen LogP contribution in [-0.4, -0.2) is 9.97 Å². The first-order chi connectivity index (χ1) is 11.8. The minimum absolute atomic E-state index is 0.269. The highest BCUT2D eigenvalue weighted by Gasteiger charge is 2.06. The number of nitrogens with zero attached hydrogens (tertiary/aromatic N) is 1. The summed E-state index contributed by atoms with van der Waals surface area (Å²) in [4.78, 5) is 7.94. The van der Waals surface area contributed by atoms with Crippen molar-refractivity contribution in [3.05, 3.63) is 84.2 Å². The van der Waals surface area contributed by atoms with Crippen molar-refractivity contribution in [1.29, 1.82) is 0 Å². The van der Waals surface area contributed by atoms with Crippen LogP contribution in [0.5, 0.6) is 5.75 Å². The third kappa shape index (κ3) is 2.99. The number of aromatic amines is 1. The van der Waals surface area contributed by atoms with Crippen molar-refractivity contribution < 1.29 is 9.13 Å². The lowest BCUT2D eigenvalue weighted by Crippen LogP contribution is -1.96. The van der Waals surface area contributed by atoms with Gasteiger partial charge in [0.25, 0.3) is 0 Å². The first kappa shape index (κ1) is 14.5. The number of benzene rings is 3. The lowest BCUT2D eigenvalue weighted by Gasteiger charge is -2.07. The van der Waals surface area contributed by atoms with E-state index in [0.29, 0.717) is 12.4 Å². The van der Waals surface area contributed by atoms with Crippen LogP contribution in [0.2, 0.25) is 0 Å². The molecule has 0 saturated heterocycles. The van der Waals surface area contributed by atoms with Gasteiger partial charge in [-0.15, -0.1) is 0 Å². The van der Waals surface area contributed by atoms with Gasteiger partial charge in [-0.1, -0.05) is 30.3 Å². The van der Waals surface area contributed by atoms with Crippen molar-refractivity contribution >= 4 is 11.0 Å². The molecule has 0 fully saturated rings. The highest BCUT2D eigenvalue weighted by molar-refractivity contribution is 5.79. The molecule has 3 nitrogen and oxygen atoms in total. The predicted octanol–water partition coefficient (Wildman–Crippen LogP) is 4.95. The Hall–Kier alpha value is -3.14. The average molecular weight is 318 g/mol. The summed E-state index contributed by atoms with van der Waals surface area (Å²) in [6.07, 6.45) is 0. The molecular formula is C20H15FN2O. The van der Waals surface area contributed by atoms with Gasteiger partial charge in [0.2, 0.25) is 0 Å². The summed E-state index contributed by atoms with van der Waals surface area (Å²) in [7, 11) is 0. The lowest BCUT2D eigenvalue weighted by atomic mass is 10.1. The summed E-state index contributed by atoms with van der Waals surface area (Å²) >= 11 is 0. The summed E-state index contributed by atoms with van der Waals surface area (Å²) in [5.41, 5.74) is 3.99. The Morgan fingerprint density at radius 1 is 0.917 bits per heavy atom. The molecule has 0 aliphatic carbocycles. The van der Waals surface area contributed by atoms with Gasteiger partial charge in [0.15, 0.2) is 0 Å². The first-order valence-electron chi connectivity index (χ1n) is 7.70. The summed E-state index contributed by atoms with van der Waals surface area (Å²) in [6.45, 7) is 0.416. The van der Waals surface area contributed by atoms with E-state index in [1.54, 1.807) is 12.1 Å². The standard InChI is InChI=1S/C20H15FN2O/c21-16-8-10-17(11-9-16)24-13-14-4-3-5-15(12-14)20-22-18-6-1-2-7-19(18)23-20/h1-12H,13H2,(H,22,23). The van der Waals surface area contributed by atoms with Crippen molar-refractivity contribution in [2.75, 3.05) is 0 Å². The molecule has 1 heterocycles. The van der Waals surface area contributed by atoms with Gasteiger partial charge in [-0.3, -0.25) is 0 Å². The van der Waals surface area contributed by atoms with E-state index in [1.807, 2.05) is 48.5 Å². The van der Waals surface area contributed by atoms with Gasteiger partial charge in [0.05, 0.1) is 11.0 Å². The molecule has 118 valence electrons. The Kier molecular flexibility index (Phi) is 3.71. The summed E-state index contributed by atoms with van der Waals surface area (Å²) < 4.78 is 18.6. The molecule has 0 radical (unpaired) electrons. The Labute approximate surface area is 138 Å². The SMILES string of the molecule is Fc1ccc(OCc2cccc(-c3nc4ccccc4[nH]3)c2)cc1. The fourth-order valence-electron chi connectivity index (χ4n) is 2.60. The monoisotopic (exact) mass is 318 g/mol. The van der Waals surface area contributed by atoms with Gasteiger partial charge in [-0.05, 0) is 48.0 Å². The highest BCUT2D eigenvalue weighted by Crippen LogP contribution is 2.22. The number of hydrogen-bond acceptors (Lipinski definition) is 2. The van der Waals surface area contributed by atoms with Crippen LogP contribution in [0.4, 0.5) is 4.39 Å². The molecular weight excluding hydrogens is 303 g/mol. The van der Waals surface area contributed by atoms with Gasteiger partial charge < -0.3 is 9.72 Å². The lowest BCUT2D eigenvalue weighted by molar-refractivity contribution is 0.306. The van der Waals surface area contributed by atoms with E-state index in [2.05, 4.69) is 9.97 Å². The summed E-state index contributed by atoms with van der Waals surface area (Å²) in [5.74, 6) is 1.21. The quantitative estimate of drug-likeness (QED) is 0.578. The minimum Gasteiger partial charge on any atom is -0.489 e. The van der Waals surface area contributed by atoms with Gasteiger partial charge in [0, 0.05) is 5.56 Å². The van der Waals surface area contributed by atoms with Crippen molar-refractivity contribution in [1.82, 2.24) is 9.97 Å². The number of ether oxygens (including phenoxy) is 1. The van der Waals surface area contributed by atoms with Crippen LogP contribution in [0.15, 0.2) is 72.8 Å². The second-order valence-corrected chi connectivity index (χ2v) is 5.55. The summed E-state index contributed by atoms with van der Waals surface area (Å²) in [5, 5.41) is 0. The Bertz CT molecular complexity index is 943. The number of imidazole rings is 1. The Morgan fingerprint density at radius 2 is 1.75 bits per heavy atom. The van der Waals surface area contributed by atoms with Crippen LogP contribution in [0, 0.1) is 5.82 Å². The molecule has 0 amide bonds. The van der Waals surface area contributed by atoms with Gasteiger partial charge >= 0.3 is 0 Å². The van der Waals surface area contributed by atoms with Crippen LogP contribution < -0.4 is 4.74 Å². The number of para-hydroxylation sites is 2. The largest absolute Gasteiger partial charge is 0.489 e. The fraction of sp³-hybridized carbons (Fsp3) is 0.0500. The number of halogens is 1. The van der Waals surface area contributed by atoms with E-state index in [9.17, 15) is 4.39 Å². The van der Waals surface area contributed by atoms with Crippen molar-refractivity contribution in [2.45, 2.75) is 6.61 Å². The average Bonchev–Trinajstić information content (AvgIpc) is 3.06. The number of aromatic nitrogens is 2. The summed E-state index contributed by atoms with van der Waals surface area (Å²) in [6, 6.07) is 22.0. The predicted molar refractivity (Wildman–Crippen MR) is 92.3 cm³/mol. The van der Waals surface area contributed by atoms with E-state index in [4.69, 9.17) is 4.74 Å². The molecule has 1 N–H and O–H groups in total. The van der Waals surface area contributed by atoms with E-state index < -0.39 is 0 Å². The minimum atomic E-state index is -0.269. The van der Waals surface area contributed by atoms with Crippen molar-refractivity contribution in [3.8, 4) is 17.1 Å². The fourth-order valence-corrected chi connectivity index (χ4v) is 2.60. The number of hydrogen-bond donors (Lipinski definition) is 1. The number of H-pyrrole nitrogens is 1. The maximum absolute atomic E-state index is 12.9. The molecule has 4 heteroatoms. The van der Waals surface area contributed by atoms with Crippen LogP contribution in [-0.2, 0) is 6.61 Å². The zero-order valence-corrected chi connectivity index (χ0v) is 12.9. The van der Waals surface area contributed by atoms with E-state index in [-0.39, 0.29) is 5.82 Å². The van der Waals surface area contributed by atoms with E-state index in [1.165, 1.54) is 12.1 Å². The van der Waals surface area contributed by atoms with Gasteiger partial charge in [-0.25, -0.2) is 9.37 Å². The van der Waals surface area contributed by atoms with Gasteiger partial charge in [0.1, 0.15) is 24.0 Å². The van der Waals surface area contributed by atoms with Crippen molar-refractivity contribution in [3.63, 3.8) is 0 Å². The number of nitrogens with one attached hydrogen (secondary N) is 1. The third-order valence-electron chi connectivity index (χ3n) is 3.81. The van der Waals surface area contributed by atoms with Crippen LogP contribution in [0.25, 0.3) is 22.4 Å². The second kappa shape index (κ2) is 6.16. The molecule has 0 spiro atoms. The normalized spacial score (nSPS) is 10.9.